The Kier molecular flexibility index (Phi) is 4.27. The minimum Gasteiger partial charge on any atom is -0.324 e. The van der Waals surface area contributed by atoms with E-state index in [4.69, 9.17) is 11.6 Å². The fourth-order valence-electron chi connectivity index (χ4n) is 2.49. The van der Waals surface area contributed by atoms with Crippen molar-refractivity contribution in [2.24, 2.45) is 0 Å². The predicted octanol–water partition coefficient (Wildman–Crippen LogP) is 3.53. The average molecular weight is 316 g/mol. The molecule has 1 aliphatic heterocycles. The van der Waals surface area contributed by atoms with Gasteiger partial charge in [-0.1, -0.05) is 23.7 Å². The first kappa shape index (κ1) is 14.8. The van der Waals surface area contributed by atoms with Crippen molar-refractivity contribution < 1.29 is 0 Å². The van der Waals surface area contributed by atoms with Gasteiger partial charge in [0.25, 0.3) is 0 Å². The van der Waals surface area contributed by atoms with Gasteiger partial charge in [0, 0.05) is 29.1 Å². The van der Waals surface area contributed by atoms with Gasteiger partial charge in [-0.05, 0) is 38.1 Å². The molecule has 1 aliphatic rings. The van der Waals surface area contributed by atoms with E-state index in [-0.39, 0.29) is 6.17 Å². The van der Waals surface area contributed by atoms with Crippen LogP contribution in [0.1, 0.15) is 13.8 Å². The van der Waals surface area contributed by atoms with Crippen LogP contribution in [0, 0.1) is 0 Å². The molecular formula is C16H18ClN5. The summed E-state index contributed by atoms with van der Waals surface area (Å²) in [6.07, 6.45) is 4.09. The van der Waals surface area contributed by atoms with Crippen molar-refractivity contribution in [3.8, 4) is 0 Å². The monoisotopic (exact) mass is 315 g/mol. The van der Waals surface area contributed by atoms with Crippen molar-refractivity contribution >= 4 is 29.1 Å². The molecule has 5 nitrogen and oxygen atoms in total. The van der Waals surface area contributed by atoms with Crippen molar-refractivity contribution in [1.82, 2.24) is 15.3 Å². The number of benzene rings is 1. The highest BCUT2D eigenvalue weighted by Crippen LogP contribution is 2.23. The predicted molar refractivity (Wildman–Crippen MR) is 90.5 cm³/mol. The smallest absolute Gasteiger partial charge is 0.229 e. The van der Waals surface area contributed by atoms with E-state index in [1.54, 1.807) is 6.20 Å². The van der Waals surface area contributed by atoms with Crippen LogP contribution in [0.5, 0.6) is 0 Å². The number of allylic oxidation sites excluding steroid dienone is 1. The Bertz CT molecular complexity index is 700. The maximum absolute atomic E-state index is 6.00. The van der Waals surface area contributed by atoms with Gasteiger partial charge in [0.05, 0.1) is 6.17 Å². The van der Waals surface area contributed by atoms with E-state index in [9.17, 15) is 0 Å². The first-order chi connectivity index (χ1) is 10.6. The molecule has 6 heteroatoms. The normalized spacial score (nSPS) is 18.0. The summed E-state index contributed by atoms with van der Waals surface area (Å²) in [6.45, 7) is 5.08. The summed E-state index contributed by atoms with van der Waals surface area (Å²) in [5.74, 6) is 1.40. The minimum absolute atomic E-state index is 0.193. The number of rotatable bonds is 3. The molecule has 22 heavy (non-hydrogen) atoms. The second kappa shape index (κ2) is 6.34. The lowest BCUT2D eigenvalue weighted by Crippen LogP contribution is -2.46. The molecule has 0 saturated heterocycles. The van der Waals surface area contributed by atoms with Crippen LogP contribution in [0.25, 0.3) is 0 Å². The van der Waals surface area contributed by atoms with Gasteiger partial charge >= 0.3 is 0 Å². The molecule has 2 N–H and O–H groups in total. The Morgan fingerprint density at radius 1 is 1.36 bits per heavy atom. The largest absolute Gasteiger partial charge is 0.324 e. The van der Waals surface area contributed by atoms with Crippen LogP contribution in [-0.4, -0.2) is 22.7 Å². The lowest BCUT2D eigenvalue weighted by molar-refractivity contribution is 0.546. The SMILES string of the molecule is CC1=CCNC(C)N1c1ccnc(Nc2cccc(Cl)c2)n1. The number of anilines is 3. The quantitative estimate of drug-likeness (QED) is 0.907. The van der Waals surface area contributed by atoms with Crippen LogP contribution in [0.15, 0.2) is 48.3 Å². The van der Waals surface area contributed by atoms with Crippen molar-refractivity contribution in [1.29, 1.82) is 0 Å². The maximum atomic E-state index is 6.00. The third-order valence-corrected chi connectivity index (χ3v) is 3.78. The van der Waals surface area contributed by atoms with E-state index >= 15 is 0 Å². The van der Waals surface area contributed by atoms with E-state index in [1.165, 1.54) is 5.70 Å². The van der Waals surface area contributed by atoms with Gasteiger partial charge in [0.15, 0.2) is 0 Å². The highest BCUT2D eigenvalue weighted by atomic mass is 35.5. The summed E-state index contributed by atoms with van der Waals surface area (Å²) in [5.41, 5.74) is 2.04. The Labute approximate surface area is 135 Å². The molecule has 1 aromatic carbocycles. The summed E-state index contributed by atoms with van der Waals surface area (Å²) < 4.78 is 0. The van der Waals surface area contributed by atoms with E-state index in [2.05, 4.69) is 45.4 Å². The van der Waals surface area contributed by atoms with E-state index < -0.39 is 0 Å². The third kappa shape index (κ3) is 3.21. The van der Waals surface area contributed by atoms with Gasteiger partial charge in [-0.15, -0.1) is 0 Å². The zero-order chi connectivity index (χ0) is 15.5. The van der Waals surface area contributed by atoms with Crippen LogP contribution in [0.3, 0.4) is 0 Å². The zero-order valence-electron chi connectivity index (χ0n) is 12.5. The van der Waals surface area contributed by atoms with E-state index in [0.717, 1.165) is 18.1 Å². The topological polar surface area (TPSA) is 53.1 Å². The first-order valence-electron chi connectivity index (χ1n) is 7.18. The standard InChI is InChI=1S/C16H18ClN5/c1-11-6-8-18-12(2)22(11)15-7-9-19-16(21-15)20-14-5-3-4-13(17)10-14/h3-7,9-10,12,18H,8H2,1-2H3,(H,19,20,21). The molecule has 1 aromatic heterocycles. The molecule has 2 aromatic rings. The zero-order valence-corrected chi connectivity index (χ0v) is 13.3. The van der Waals surface area contributed by atoms with Gasteiger partial charge in [-0.3, -0.25) is 5.32 Å². The fraction of sp³-hybridized carbons (Fsp3) is 0.250. The maximum Gasteiger partial charge on any atom is 0.229 e. The Morgan fingerprint density at radius 2 is 2.23 bits per heavy atom. The average Bonchev–Trinajstić information content (AvgIpc) is 2.47. The molecule has 3 rings (SSSR count). The fourth-order valence-corrected chi connectivity index (χ4v) is 2.68. The lowest BCUT2D eigenvalue weighted by Gasteiger charge is -2.34. The molecule has 0 radical (unpaired) electrons. The van der Waals surface area contributed by atoms with Crippen LogP contribution in [-0.2, 0) is 0 Å². The molecule has 0 spiro atoms. The second-order valence-corrected chi connectivity index (χ2v) is 5.61. The Morgan fingerprint density at radius 3 is 3.00 bits per heavy atom. The first-order valence-corrected chi connectivity index (χ1v) is 7.56. The van der Waals surface area contributed by atoms with E-state index in [1.807, 2.05) is 30.3 Å². The number of halogens is 1. The number of aromatic nitrogens is 2. The van der Waals surface area contributed by atoms with Crippen molar-refractivity contribution in [2.75, 3.05) is 16.8 Å². The molecule has 0 aliphatic carbocycles. The molecule has 1 unspecified atom stereocenters. The van der Waals surface area contributed by atoms with Crippen molar-refractivity contribution in [3.63, 3.8) is 0 Å². The summed E-state index contributed by atoms with van der Waals surface area (Å²) in [6, 6.07) is 9.40. The van der Waals surface area contributed by atoms with Gasteiger partial charge in [0.1, 0.15) is 5.82 Å². The molecule has 0 amide bonds. The lowest BCUT2D eigenvalue weighted by atomic mass is 10.2. The van der Waals surface area contributed by atoms with Gasteiger partial charge < -0.3 is 10.2 Å². The summed E-state index contributed by atoms with van der Waals surface area (Å²) >= 11 is 6.00. The van der Waals surface area contributed by atoms with Gasteiger partial charge in [0.2, 0.25) is 5.95 Å². The molecular weight excluding hydrogens is 298 g/mol. The molecule has 1 atom stereocenters. The van der Waals surface area contributed by atoms with Crippen molar-refractivity contribution in [3.05, 3.63) is 53.3 Å². The Balaban J connectivity index is 1.86. The van der Waals surface area contributed by atoms with Gasteiger partial charge in [-0.25, -0.2) is 4.98 Å². The number of nitrogens with one attached hydrogen (secondary N) is 2. The highest BCUT2D eigenvalue weighted by Gasteiger charge is 2.20. The molecule has 0 bridgehead atoms. The van der Waals surface area contributed by atoms with E-state index in [0.29, 0.717) is 11.0 Å². The van der Waals surface area contributed by atoms with Gasteiger partial charge in [-0.2, -0.15) is 4.98 Å². The summed E-state index contributed by atoms with van der Waals surface area (Å²) in [7, 11) is 0. The molecule has 0 fully saturated rings. The number of hydrogen-bond donors (Lipinski definition) is 2. The van der Waals surface area contributed by atoms with Crippen molar-refractivity contribution in [2.45, 2.75) is 20.0 Å². The second-order valence-electron chi connectivity index (χ2n) is 5.17. The number of hydrogen-bond acceptors (Lipinski definition) is 5. The Hall–Kier alpha value is -2.11. The highest BCUT2D eigenvalue weighted by molar-refractivity contribution is 6.30. The minimum atomic E-state index is 0.193. The summed E-state index contributed by atoms with van der Waals surface area (Å²) in [5, 5.41) is 7.24. The van der Waals surface area contributed by atoms with Crippen LogP contribution < -0.4 is 15.5 Å². The number of nitrogens with zero attached hydrogens (tertiary/aromatic N) is 3. The third-order valence-electron chi connectivity index (χ3n) is 3.55. The molecule has 0 saturated carbocycles. The molecule has 2 heterocycles. The van der Waals surface area contributed by atoms with Crippen LogP contribution >= 0.6 is 11.6 Å². The van der Waals surface area contributed by atoms with Crippen LogP contribution in [0.4, 0.5) is 17.5 Å². The summed E-state index contributed by atoms with van der Waals surface area (Å²) in [4.78, 5) is 11.0. The molecule has 114 valence electrons. The van der Waals surface area contributed by atoms with Crippen LogP contribution in [0.2, 0.25) is 5.02 Å².